The van der Waals surface area contributed by atoms with Crippen molar-refractivity contribution in [3.05, 3.63) is 24.3 Å². The van der Waals surface area contributed by atoms with Crippen LogP contribution < -0.4 is 5.32 Å². The van der Waals surface area contributed by atoms with E-state index in [1.165, 1.54) is 0 Å². The summed E-state index contributed by atoms with van der Waals surface area (Å²) in [6.45, 7) is 5.36. The Kier molecular flexibility index (Phi) is 3.63. The molecule has 1 unspecified atom stereocenters. The number of anilines is 1. The van der Waals surface area contributed by atoms with Crippen molar-refractivity contribution in [2.75, 3.05) is 38.5 Å². The van der Waals surface area contributed by atoms with Crippen LogP contribution in [0.4, 0.5) is 11.4 Å². The maximum Gasteiger partial charge on any atom is 0.227 e. The van der Waals surface area contributed by atoms with Gasteiger partial charge in [-0.25, -0.2) is 0 Å². The van der Waals surface area contributed by atoms with E-state index in [-0.39, 0.29) is 5.91 Å². The number of benzene rings is 1. The van der Waals surface area contributed by atoms with Crippen LogP contribution in [-0.2, 0) is 4.79 Å². The van der Waals surface area contributed by atoms with Crippen LogP contribution in [0.25, 0.3) is 0 Å². The summed E-state index contributed by atoms with van der Waals surface area (Å²) in [6.07, 6.45) is 0.328. The molecule has 1 amide bonds. The summed E-state index contributed by atoms with van der Waals surface area (Å²) >= 11 is 0. The van der Waals surface area contributed by atoms with Crippen molar-refractivity contribution in [1.82, 2.24) is 9.80 Å². The molecule has 1 saturated heterocycles. The zero-order valence-electron chi connectivity index (χ0n) is 12.5. The number of azo groups is 1. The lowest BCUT2D eigenvalue weighted by molar-refractivity contribution is -0.133. The summed E-state index contributed by atoms with van der Waals surface area (Å²) in [5, 5.41) is 11.9. The van der Waals surface area contributed by atoms with E-state index < -0.39 is 5.66 Å². The quantitative estimate of drug-likeness (QED) is 0.906. The summed E-state index contributed by atoms with van der Waals surface area (Å²) in [6, 6.07) is 7.76. The molecule has 0 saturated carbocycles. The minimum atomic E-state index is -0.658. The van der Waals surface area contributed by atoms with Crippen LogP contribution >= 0.6 is 0 Å². The van der Waals surface area contributed by atoms with Gasteiger partial charge in [-0.2, -0.15) is 10.2 Å². The lowest BCUT2D eigenvalue weighted by Crippen LogP contribution is -2.49. The lowest BCUT2D eigenvalue weighted by Gasteiger charge is -2.35. The fourth-order valence-electron chi connectivity index (χ4n) is 2.69. The van der Waals surface area contributed by atoms with Crippen LogP contribution in [0.5, 0.6) is 0 Å². The molecule has 2 aliphatic rings. The summed E-state index contributed by atoms with van der Waals surface area (Å²) in [4.78, 5) is 16.6. The molecule has 0 bridgehead atoms. The third kappa shape index (κ3) is 3.05. The van der Waals surface area contributed by atoms with Gasteiger partial charge >= 0.3 is 0 Å². The molecule has 21 heavy (non-hydrogen) atoms. The Bertz CT molecular complexity index is 565. The summed E-state index contributed by atoms with van der Waals surface area (Å²) in [5.41, 5.74) is 1.10. The molecule has 1 atom stereocenters. The molecule has 0 spiro atoms. The second-order valence-electron chi connectivity index (χ2n) is 5.98. The summed E-state index contributed by atoms with van der Waals surface area (Å²) < 4.78 is 0. The van der Waals surface area contributed by atoms with E-state index in [2.05, 4.69) is 27.5 Å². The Morgan fingerprint density at radius 2 is 2.00 bits per heavy atom. The van der Waals surface area contributed by atoms with Crippen LogP contribution in [0.3, 0.4) is 0 Å². The van der Waals surface area contributed by atoms with Gasteiger partial charge in [0.2, 0.25) is 5.91 Å². The molecule has 1 aromatic rings. The van der Waals surface area contributed by atoms with Gasteiger partial charge in [-0.3, -0.25) is 4.79 Å². The van der Waals surface area contributed by atoms with Gasteiger partial charge < -0.3 is 15.1 Å². The highest BCUT2D eigenvalue weighted by Crippen LogP contribution is 2.35. The molecule has 112 valence electrons. The summed E-state index contributed by atoms with van der Waals surface area (Å²) in [7, 11) is 2.08. The molecule has 6 nitrogen and oxygen atoms in total. The monoisotopic (exact) mass is 287 g/mol. The molecule has 6 heteroatoms. The van der Waals surface area contributed by atoms with E-state index in [0.717, 1.165) is 37.6 Å². The van der Waals surface area contributed by atoms with Crippen LogP contribution in [0.1, 0.15) is 13.3 Å². The van der Waals surface area contributed by atoms with E-state index in [4.69, 9.17) is 0 Å². The van der Waals surface area contributed by atoms with Crippen molar-refractivity contribution in [3.8, 4) is 0 Å². The number of nitrogens with one attached hydrogen (secondary N) is 1. The third-order valence-electron chi connectivity index (χ3n) is 4.04. The van der Waals surface area contributed by atoms with Gasteiger partial charge in [0.15, 0.2) is 5.66 Å². The first-order valence-electron chi connectivity index (χ1n) is 7.32. The van der Waals surface area contributed by atoms with E-state index in [0.29, 0.717) is 6.42 Å². The van der Waals surface area contributed by atoms with Crippen molar-refractivity contribution >= 4 is 17.3 Å². The first-order valence-corrected chi connectivity index (χ1v) is 7.32. The molecule has 2 aliphatic heterocycles. The lowest BCUT2D eigenvalue weighted by atomic mass is 10.1. The number of para-hydroxylation sites is 1. The van der Waals surface area contributed by atoms with Crippen molar-refractivity contribution in [3.63, 3.8) is 0 Å². The van der Waals surface area contributed by atoms with Gasteiger partial charge in [0.25, 0.3) is 0 Å². The number of carbonyl (C=O) groups is 1. The second-order valence-corrected chi connectivity index (χ2v) is 5.98. The molecule has 1 aromatic carbocycles. The van der Waals surface area contributed by atoms with Crippen molar-refractivity contribution in [2.45, 2.75) is 19.0 Å². The van der Waals surface area contributed by atoms with Gasteiger partial charge in [-0.05, 0) is 26.1 Å². The average molecular weight is 287 g/mol. The molecule has 1 fully saturated rings. The fraction of sp³-hybridized carbons (Fsp3) is 0.533. The van der Waals surface area contributed by atoms with Crippen molar-refractivity contribution in [1.29, 1.82) is 0 Å². The minimum absolute atomic E-state index is 0.136. The number of piperazine rings is 1. The average Bonchev–Trinajstić information content (AvgIpc) is 2.47. The third-order valence-corrected chi connectivity index (χ3v) is 4.04. The first kappa shape index (κ1) is 14.0. The number of nitrogens with zero attached hydrogens (tertiary/aromatic N) is 4. The zero-order chi connectivity index (χ0) is 14.9. The van der Waals surface area contributed by atoms with Gasteiger partial charge in [-0.1, -0.05) is 12.1 Å². The normalized spacial score (nSPS) is 25.3. The Labute approximate surface area is 124 Å². The highest BCUT2D eigenvalue weighted by atomic mass is 16.2. The fourth-order valence-corrected chi connectivity index (χ4v) is 2.69. The van der Waals surface area contributed by atoms with Crippen LogP contribution in [0.2, 0.25) is 0 Å². The molecule has 1 N–H and O–H groups in total. The van der Waals surface area contributed by atoms with Gasteiger partial charge in [0.05, 0.1) is 12.1 Å². The van der Waals surface area contributed by atoms with Crippen molar-refractivity contribution in [2.24, 2.45) is 10.2 Å². The predicted octanol–water partition coefficient (Wildman–Crippen LogP) is 2.08. The highest BCUT2D eigenvalue weighted by molar-refractivity contribution is 5.79. The SMILES string of the molecule is CN1CCN(C(=O)CC2(C)N=Nc3ccccc3N2)CC1. The number of fused-ring (bicyclic) bond motifs is 1. The van der Waals surface area contributed by atoms with Crippen LogP contribution in [0, 0.1) is 0 Å². The molecule has 3 rings (SSSR count). The molecule has 0 aromatic heterocycles. The molecular weight excluding hydrogens is 266 g/mol. The van der Waals surface area contributed by atoms with Crippen LogP contribution in [0.15, 0.2) is 34.5 Å². The number of likely N-dealkylation sites (N-methyl/N-ethyl adjacent to an activating group) is 1. The Morgan fingerprint density at radius 1 is 1.29 bits per heavy atom. The van der Waals surface area contributed by atoms with Gasteiger partial charge in [-0.15, -0.1) is 0 Å². The smallest absolute Gasteiger partial charge is 0.227 e. The predicted molar refractivity (Wildman–Crippen MR) is 81.7 cm³/mol. The largest absolute Gasteiger partial charge is 0.358 e. The molecule has 0 radical (unpaired) electrons. The Hall–Kier alpha value is -1.95. The first-order chi connectivity index (χ1) is 10.1. The van der Waals surface area contributed by atoms with E-state index in [1.807, 2.05) is 36.1 Å². The topological polar surface area (TPSA) is 60.3 Å². The number of carbonyl (C=O) groups excluding carboxylic acids is 1. The molecular formula is C15H21N5O. The summed E-state index contributed by atoms with van der Waals surface area (Å²) in [5.74, 6) is 0.136. The molecule has 2 heterocycles. The Morgan fingerprint density at radius 3 is 2.76 bits per heavy atom. The second kappa shape index (κ2) is 5.44. The molecule has 0 aliphatic carbocycles. The maximum absolute atomic E-state index is 12.5. The number of hydrogen-bond donors (Lipinski definition) is 1. The number of hydrogen-bond acceptors (Lipinski definition) is 5. The van der Waals surface area contributed by atoms with E-state index in [1.54, 1.807) is 0 Å². The van der Waals surface area contributed by atoms with E-state index in [9.17, 15) is 4.79 Å². The standard InChI is InChI=1S/C15H21N5O/c1-15(11-14(21)20-9-7-19(2)8-10-20)16-12-5-3-4-6-13(12)17-18-15/h3-6,16H,7-11H2,1-2H3. The van der Waals surface area contributed by atoms with Gasteiger partial charge in [0.1, 0.15) is 5.69 Å². The number of rotatable bonds is 2. The Balaban J connectivity index is 1.66. The maximum atomic E-state index is 12.5. The van der Waals surface area contributed by atoms with Crippen molar-refractivity contribution < 1.29 is 4.79 Å². The van der Waals surface area contributed by atoms with E-state index >= 15 is 0 Å². The van der Waals surface area contributed by atoms with Crippen LogP contribution in [-0.4, -0.2) is 54.6 Å². The number of amides is 1. The minimum Gasteiger partial charge on any atom is -0.358 e. The highest BCUT2D eigenvalue weighted by Gasteiger charge is 2.33. The van der Waals surface area contributed by atoms with Gasteiger partial charge in [0, 0.05) is 26.2 Å². The zero-order valence-corrected chi connectivity index (χ0v) is 12.5.